The summed E-state index contributed by atoms with van der Waals surface area (Å²) in [6.45, 7) is 2.75. The van der Waals surface area contributed by atoms with Gasteiger partial charge in [-0.15, -0.1) is 0 Å². The molecule has 0 aliphatic heterocycles. The van der Waals surface area contributed by atoms with Gasteiger partial charge in [0.25, 0.3) is 0 Å². The lowest BCUT2D eigenvalue weighted by Gasteiger charge is -2.18. The molecule has 1 aromatic heterocycles. The standard InChI is InChI=1S/C34H37Cl2N3O7/c1-21-23(5-2-6-27(21)28-7-3-8-30(33(28)36)44-10-4-9-40)20-46-32-13-31(24(12-29(32)35)15-39-17-26(42)18-41)45-19-22-11-25(34(37)43)16-38-14-22/h2-3,5-8,11-14,16,26,39-42H,4,9-10,15,17-20H2,1H3,(H2,37,43). The van der Waals surface area contributed by atoms with Crippen LogP contribution in [-0.4, -0.2) is 58.7 Å². The molecule has 1 amide bonds. The van der Waals surface area contributed by atoms with Crippen LogP contribution in [0.25, 0.3) is 11.1 Å². The normalized spacial score (nSPS) is 11.7. The molecule has 0 fully saturated rings. The number of benzene rings is 3. The van der Waals surface area contributed by atoms with Crippen molar-refractivity contribution in [3.05, 3.63) is 105 Å². The average molecular weight is 671 g/mol. The second kappa shape index (κ2) is 17.1. The highest BCUT2D eigenvalue weighted by molar-refractivity contribution is 6.35. The van der Waals surface area contributed by atoms with E-state index in [1.165, 1.54) is 6.20 Å². The Kier molecular flexibility index (Phi) is 13.0. The van der Waals surface area contributed by atoms with E-state index in [9.17, 15) is 9.90 Å². The number of ether oxygens (including phenoxy) is 3. The molecule has 244 valence electrons. The third-order valence-corrected chi connectivity index (χ3v) is 7.82. The number of hydrogen-bond donors (Lipinski definition) is 5. The van der Waals surface area contributed by atoms with Gasteiger partial charge in [-0.2, -0.15) is 0 Å². The maximum atomic E-state index is 11.6. The van der Waals surface area contributed by atoms with E-state index < -0.39 is 12.0 Å². The van der Waals surface area contributed by atoms with Crippen molar-refractivity contribution in [3.63, 3.8) is 0 Å². The third-order valence-electron chi connectivity index (χ3n) is 7.14. The minimum atomic E-state index is -0.916. The lowest BCUT2D eigenvalue weighted by molar-refractivity contribution is 0.0941. The SMILES string of the molecule is Cc1c(COc2cc(OCc3cncc(C(N)=O)c3)c(CNCC(O)CO)cc2Cl)cccc1-c1cccc(OCCCO)c1Cl. The lowest BCUT2D eigenvalue weighted by atomic mass is 9.96. The van der Waals surface area contributed by atoms with Gasteiger partial charge in [0, 0.05) is 61.3 Å². The highest BCUT2D eigenvalue weighted by Gasteiger charge is 2.16. The lowest BCUT2D eigenvalue weighted by Crippen LogP contribution is -2.29. The van der Waals surface area contributed by atoms with E-state index in [-0.39, 0.29) is 45.1 Å². The van der Waals surface area contributed by atoms with Crippen molar-refractivity contribution in [2.24, 2.45) is 5.73 Å². The van der Waals surface area contributed by atoms with Gasteiger partial charge in [-0.1, -0.05) is 53.5 Å². The second-order valence-corrected chi connectivity index (χ2v) is 11.3. The van der Waals surface area contributed by atoms with Crippen LogP contribution < -0.4 is 25.3 Å². The number of aliphatic hydroxyl groups excluding tert-OH is 3. The quantitative estimate of drug-likeness (QED) is 0.0994. The van der Waals surface area contributed by atoms with Crippen LogP contribution in [-0.2, 0) is 19.8 Å². The summed E-state index contributed by atoms with van der Waals surface area (Å²) in [6.07, 6.45) is 2.55. The zero-order valence-corrected chi connectivity index (χ0v) is 26.9. The van der Waals surface area contributed by atoms with Crippen LogP contribution in [0.15, 0.2) is 67.0 Å². The van der Waals surface area contributed by atoms with E-state index in [4.69, 9.17) is 53.4 Å². The Morgan fingerprint density at radius 1 is 0.935 bits per heavy atom. The van der Waals surface area contributed by atoms with Crippen molar-refractivity contribution in [1.82, 2.24) is 10.3 Å². The van der Waals surface area contributed by atoms with Gasteiger partial charge in [-0.25, -0.2) is 0 Å². The number of rotatable bonds is 17. The Hall–Kier alpha value is -3.90. The van der Waals surface area contributed by atoms with Crippen molar-refractivity contribution >= 4 is 29.1 Å². The molecule has 46 heavy (non-hydrogen) atoms. The summed E-state index contributed by atoms with van der Waals surface area (Å²) in [4.78, 5) is 15.7. The van der Waals surface area contributed by atoms with Gasteiger partial charge in [0.15, 0.2) is 0 Å². The van der Waals surface area contributed by atoms with Gasteiger partial charge in [-0.3, -0.25) is 9.78 Å². The Morgan fingerprint density at radius 2 is 1.70 bits per heavy atom. The van der Waals surface area contributed by atoms with Crippen molar-refractivity contribution in [1.29, 1.82) is 0 Å². The number of pyridine rings is 1. The van der Waals surface area contributed by atoms with E-state index in [0.717, 1.165) is 22.3 Å². The van der Waals surface area contributed by atoms with Crippen LogP contribution in [0.1, 0.15) is 39.0 Å². The summed E-state index contributed by atoms with van der Waals surface area (Å²) in [5.74, 6) is 0.808. The molecule has 4 aromatic rings. The van der Waals surface area contributed by atoms with E-state index in [0.29, 0.717) is 51.4 Å². The predicted octanol–water partition coefficient (Wildman–Crippen LogP) is 4.82. The number of nitrogens with one attached hydrogen (secondary N) is 1. The molecule has 6 N–H and O–H groups in total. The first-order valence-electron chi connectivity index (χ1n) is 14.6. The number of nitrogens with zero attached hydrogens (tertiary/aromatic N) is 1. The highest BCUT2D eigenvalue weighted by atomic mass is 35.5. The molecule has 0 saturated carbocycles. The molecule has 0 saturated heterocycles. The average Bonchev–Trinajstić information content (AvgIpc) is 3.05. The molecule has 10 nitrogen and oxygen atoms in total. The zero-order valence-electron chi connectivity index (χ0n) is 25.3. The Bertz CT molecular complexity index is 1640. The molecular formula is C34H37Cl2N3O7. The third kappa shape index (κ3) is 9.32. The van der Waals surface area contributed by atoms with E-state index in [1.807, 2.05) is 37.3 Å². The molecule has 3 aromatic carbocycles. The van der Waals surface area contributed by atoms with Crippen LogP contribution in [0.2, 0.25) is 10.0 Å². The fourth-order valence-electron chi connectivity index (χ4n) is 4.62. The summed E-state index contributed by atoms with van der Waals surface area (Å²) in [5.41, 5.74) is 10.6. The summed E-state index contributed by atoms with van der Waals surface area (Å²) in [7, 11) is 0. The number of aliphatic hydroxyl groups is 3. The van der Waals surface area contributed by atoms with Crippen LogP contribution in [0.5, 0.6) is 17.2 Å². The van der Waals surface area contributed by atoms with Crippen molar-refractivity contribution in [2.75, 3.05) is 26.4 Å². The van der Waals surface area contributed by atoms with Crippen molar-refractivity contribution in [2.45, 2.75) is 39.2 Å². The summed E-state index contributed by atoms with van der Waals surface area (Å²) < 4.78 is 18.1. The maximum absolute atomic E-state index is 11.6. The number of nitrogens with two attached hydrogens (primary N) is 1. The van der Waals surface area contributed by atoms with Gasteiger partial charge >= 0.3 is 0 Å². The van der Waals surface area contributed by atoms with Gasteiger partial charge in [0.05, 0.1) is 34.9 Å². The molecule has 1 heterocycles. The minimum absolute atomic E-state index is 0.0345. The first-order valence-corrected chi connectivity index (χ1v) is 15.4. The molecule has 12 heteroatoms. The number of amides is 1. The molecule has 0 aliphatic carbocycles. The zero-order chi connectivity index (χ0) is 33.1. The molecule has 4 rings (SSSR count). The van der Waals surface area contributed by atoms with Gasteiger partial charge < -0.3 is 40.6 Å². The van der Waals surface area contributed by atoms with E-state index in [1.54, 1.807) is 30.5 Å². The number of carbonyl (C=O) groups is 1. The van der Waals surface area contributed by atoms with Crippen molar-refractivity contribution in [3.8, 4) is 28.4 Å². The minimum Gasteiger partial charge on any atom is -0.492 e. The number of primary amides is 1. The van der Waals surface area contributed by atoms with Gasteiger partial charge in [-0.05, 0) is 41.8 Å². The Morgan fingerprint density at radius 3 is 2.46 bits per heavy atom. The molecular weight excluding hydrogens is 633 g/mol. The van der Waals surface area contributed by atoms with Crippen LogP contribution in [0.3, 0.4) is 0 Å². The smallest absolute Gasteiger partial charge is 0.250 e. The van der Waals surface area contributed by atoms with Gasteiger partial charge in [0.1, 0.15) is 30.5 Å². The summed E-state index contributed by atoms with van der Waals surface area (Å²) in [5, 5.41) is 31.9. The maximum Gasteiger partial charge on any atom is 0.250 e. The fraction of sp³-hybridized carbons (Fsp3) is 0.294. The second-order valence-electron chi connectivity index (χ2n) is 10.5. The summed E-state index contributed by atoms with van der Waals surface area (Å²) in [6, 6.07) is 16.5. The predicted molar refractivity (Wildman–Crippen MR) is 176 cm³/mol. The monoisotopic (exact) mass is 669 g/mol. The fourth-order valence-corrected chi connectivity index (χ4v) is 5.15. The molecule has 1 unspecified atom stereocenters. The Labute approximate surface area is 277 Å². The number of aromatic nitrogens is 1. The highest BCUT2D eigenvalue weighted by Crippen LogP contribution is 2.38. The van der Waals surface area contributed by atoms with Crippen LogP contribution in [0, 0.1) is 6.92 Å². The van der Waals surface area contributed by atoms with Crippen LogP contribution >= 0.6 is 23.2 Å². The first-order chi connectivity index (χ1) is 22.2. The molecule has 0 radical (unpaired) electrons. The molecule has 0 bridgehead atoms. The molecule has 0 spiro atoms. The molecule has 1 atom stereocenters. The van der Waals surface area contributed by atoms with E-state index in [2.05, 4.69) is 10.3 Å². The number of hydrogen-bond acceptors (Lipinski definition) is 9. The molecule has 0 aliphatic rings. The largest absolute Gasteiger partial charge is 0.492 e. The number of carbonyl (C=O) groups excluding carboxylic acids is 1. The Balaban J connectivity index is 1.56. The topological polar surface area (TPSA) is 156 Å². The first kappa shape index (κ1) is 35.0. The van der Waals surface area contributed by atoms with E-state index >= 15 is 0 Å². The van der Waals surface area contributed by atoms with Gasteiger partial charge in [0.2, 0.25) is 5.91 Å². The van der Waals surface area contributed by atoms with Crippen LogP contribution in [0.4, 0.5) is 0 Å². The van der Waals surface area contributed by atoms with Crippen molar-refractivity contribution < 1.29 is 34.3 Å². The number of halogens is 2. The summed E-state index contributed by atoms with van der Waals surface area (Å²) >= 11 is 13.4.